The molecule has 0 unspecified atom stereocenters. The number of nitrogens with zero attached hydrogens (tertiary/aromatic N) is 3. The number of fused-ring (bicyclic) bond motifs is 1. The van der Waals surface area contributed by atoms with Crippen molar-refractivity contribution >= 4 is 27.2 Å². The Morgan fingerprint density at radius 1 is 1.05 bits per heavy atom. The minimum absolute atomic E-state index is 0.0280. The number of piperazine rings is 1. The number of ketones is 1. The van der Waals surface area contributed by atoms with E-state index in [0.717, 1.165) is 11.1 Å². The van der Waals surface area contributed by atoms with Crippen molar-refractivity contribution in [3.8, 4) is 17.2 Å². The first kappa shape index (κ1) is 28.8. The third-order valence-electron chi connectivity index (χ3n) is 7.09. The lowest BCUT2D eigenvalue weighted by Crippen LogP contribution is -2.47. The number of allylic oxidation sites excluding steroid dienone is 1. The van der Waals surface area contributed by atoms with E-state index in [0.29, 0.717) is 85.4 Å². The molecule has 2 aliphatic rings. The van der Waals surface area contributed by atoms with Crippen LogP contribution in [0.2, 0.25) is 0 Å². The van der Waals surface area contributed by atoms with Gasteiger partial charge in [0.25, 0.3) is 0 Å². The van der Waals surface area contributed by atoms with E-state index in [2.05, 4.69) is 11.5 Å². The molecule has 0 aliphatic carbocycles. The predicted molar refractivity (Wildman–Crippen MR) is 152 cm³/mol. The molecule has 0 bridgehead atoms. The summed E-state index contributed by atoms with van der Waals surface area (Å²) >= 11 is 0. The predicted octanol–water partition coefficient (Wildman–Crippen LogP) is 4.25. The van der Waals surface area contributed by atoms with Crippen LogP contribution >= 0.6 is 0 Å². The Morgan fingerprint density at radius 2 is 1.74 bits per heavy atom. The molecule has 4 rings (SSSR count). The lowest BCUT2D eigenvalue weighted by Gasteiger charge is -2.31. The van der Waals surface area contributed by atoms with E-state index in [1.165, 1.54) is 11.4 Å². The van der Waals surface area contributed by atoms with Crippen molar-refractivity contribution < 1.29 is 27.4 Å². The normalized spacial score (nSPS) is 16.4. The highest BCUT2D eigenvalue weighted by Gasteiger charge is 2.32. The standard InChI is InChI=1S/C29H37N3O6S/c1-7-38-26-16-20(39(34,35)32-14-12-31(4)13-15-32)9-11-21(26)23-17-24(33)28-27(37-6)18-25(36-5)22(29(28)30-23)10-8-19(2)3/h9,11,16,18H,2,7-8,10,12-15,17H2,1,3-6H3. The number of carbonyl (C=O) groups excluding carboxylic acids is 1. The molecule has 0 saturated carbocycles. The molecular weight excluding hydrogens is 518 g/mol. The molecule has 0 aromatic heterocycles. The molecule has 210 valence electrons. The van der Waals surface area contributed by atoms with Gasteiger partial charge in [0, 0.05) is 49.4 Å². The maximum Gasteiger partial charge on any atom is 0.243 e. The SMILES string of the molecule is C=C(C)CCc1c(OC)cc(OC)c2c1N=C(c1ccc(S(=O)(=O)N3CCN(C)CC3)cc1OCC)CC2=O. The van der Waals surface area contributed by atoms with Crippen LogP contribution in [0.5, 0.6) is 17.2 Å². The van der Waals surface area contributed by atoms with Gasteiger partial charge in [0.2, 0.25) is 10.0 Å². The molecule has 2 aliphatic heterocycles. The number of aliphatic imine (C=N–C) groups is 1. The average molecular weight is 556 g/mol. The minimum atomic E-state index is -3.69. The monoisotopic (exact) mass is 555 g/mol. The summed E-state index contributed by atoms with van der Waals surface area (Å²) in [4.78, 5) is 20.7. The fourth-order valence-corrected chi connectivity index (χ4v) is 6.34. The van der Waals surface area contributed by atoms with Gasteiger partial charge in [-0.2, -0.15) is 4.31 Å². The second kappa shape index (κ2) is 11.9. The van der Waals surface area contributed by atoms with Gasteiger partial charge in [-0.3, -0.25) is 9.79 Å². The Balaban J connectivity index is 1.82. The fraction of sp³-hybridized carbons (Fsp3) is 0.448. The second-order valence-corrected chi connectivity index (χ2v) is 11.8. The zero-order valence-electron chi connectivity index (χ0n) is 23.4. The molecule has 1 fully saturated rings. The first-order valence-electron chi connectivity index (χ1n) is 13.1. The van der Waals surface area contributed by atoms with Crippen LogP contribution in [-0.4, -0.2) is 83.2 Å². The maximum atomic E-state index is 13.5. The van der Waals surface area contributed by atoms with Crippen molar-refractivity contribution in [2.75, 3.05) is 54.1 Å². The smallest absolute Gasteiger partial charge is 0.243 e. The molecule has 0 N–H and O–H groups in total. The molecule has 2 heterocycles. The molecule has 0 radical (unpaired) electrons. The Bertz CT molecular complexity index is 1410. The van der Waals surface area contributed by atoms with Gasteiger partial charge >= 0.3 is 0 Å². The summed E-state index contributed by atoms with van der Waals surface area (Å²) in [5, 5.41) is 0. The lowest BCUT2D eigenvalue weighted by atomic mass is 9.90. The number of hydrogen-bond acceptors (Lipinski definition) is 8. The van der Waals surface area contributed by atoms with Gasteiger partial charge in [-0.15, -0.1) is 6.58 Å². The largest absolute Gasteiger partial charge is 0.496 e. The first-order valence-corrected chi connectivity index (χ1v) is 14.5. The van der Waals surface area contributed by atoms with E-state index in [4.69, 9.17) is 19.2 Å². The Kier molecular flexibility index (Phi) is 8.78. The van der Waals surface area contributed by atoms with Gasteiger partial charge in [0.05, 0.1) is 49.1 Å². The van der Waals surface area contributed by atoms with Gasteiger partial charge in [-0.05, 0) is 45.9 Å². The molecular formula is C29H37N3O6S. The number of carbonyl (C=O) groups is 1. The highest BCUT2D eigenvalue weighted by atomic mass is 32.2. The Hall–Kier alpha value is -3.21. The van der Waals surface area contributed by atoms with Crippen molar-refractivity contribution in [2.45, 2.75) is 38.0 Å². The molecule has 2 aromatic carbocycles. The van der Waals surface area contributed by atoms with Crippen LogP contribution in [0.3, 0.4) is 0 Å². The summed E-state index contributed by atoms with van der Waals surface area (Å²) in [5.74, 6) is 1.24. The fourth-order valence-electron chi connectivity index (χ4n) is 4.90. The molecule has 0 atom stereocenters. The molecule has 1 saturated heterocycles. The number of sulfonamides is 1. The van der Waals surface area contributed by atoms with E-state index in [9.17, 15) is 13.2 Å². The number of methoxy groups -OCH3 is 2. The molecule has 9 nitrogen and oxygen atoms in total. The van der Waals surface area contributed by atoms with Crippen molar-refractivity contribution in [2.24, 2.45) is 4.99 Å². The first-order chi connectivity index (χ1) is 18.6. The van der Waals surface area contributed by atoms with E-state index in [-0.39, 0.29) is 17.1 Å². The van der Waals surface area contributed by atoms with E-state index < -0.39 is 10.0 Å². The Labute approximate surface area is 231 Å². The third-order valence-corrected chi connectivity index (χ3v) is 8.98. The van der Waals surface area contributed by atoms with E-state index in [1.54, 1.807) is 31.4 Å². The van der Waals surface area contributed by atoms with Crippen LogP contribution < -0.4 is 14.2 Å². The average Bonchev–Trinajstić information content (AvgIpc) is 2.91. The Morgan fingerprint density at radius 3 is 2.36 bits per heavy atom. The summed E-state index contributed by atoms with van der Waals surface area (Å²) in [5.41, 5.74) is 3.83. The van der Waals surface area contributed by atoms with Gasteiger partial charge in [-0.1, -0.05) is 5.57 Å². The molecule has 0 amide bonds. The molecule has 39 heavy (non-hydrogen) atoms. The molecule has 2 aromatic rings. The number of hydrogen-bond donors (Lipinski definition) is 0. The van der Waals surface area contributed by atoms with E-state index in [1.807, 2.05) is 20.9 Å². The quantitative estimate of drug-likeness (QED) is 0.404. The van der Waals surface area contributed by atoms with Crippen LogP contribution in [0, 0.1) is 0 Å². The summed E-state index contributed by atoms with van der Waals surface area (Å²) in [6, 6.07) is 6.54. The van der Waals surface area contributed by atoms with Gasteiger partial charge in [0.1, 0.15) is 17.2 Å². The van der Waals surface area contributed by atoms with E-state index >= 15 is 0 Å². The molecule has 10 heteroatoms. The highest BCUT2D eigenvalue weighted by molar-refractivity contribution is 7.89. The van der Waals surface area contributed by atoms with Crippen LogP contribution in [-0.2, 0) is 16.4 Å². The number of likely N-dealkylation sites (N-methyl/N-ethyl adjacent to an activating group) is 1. The highest BCUT2D eigenvalue weighted by Crippen LogP contribution is 2.44. The van der Waals surface area contributed by atoms with Crippen LogP contribution in [0.4, 0.5) is 5.69 Å². The van der Waals surface area contributed by atoms with Gasteiger partial charge in [0.15, 0.2) is 5.78 Å². The minimum Gasteiger partial charge on any atom is -0.496 e. The summed E-state index contributed by atoms with van der Waals surface area (Å²) < 4.78 is 45.4. The number of benzene rings is 2. The number of ether oxygens (including phenoxy) is 3. The zero-order chi connectivity index (χ0) is 28.3. The van der Waals surface area contributed by atoms with Crippen molar-refractivity contribution in [1.29, 1.82) is 0 Å². The second-order valence-electron chi connectivity index (χ2n) is 9.90. The molecule has 0 spiro atoms. The van der Waals surface area contributed by atoms with Crippen molar-refractivity contribution in [3.05, 3.63) is 53.1 Å². The van der Waals surface area contributed by atoms with Crippen molar-refractivity contribution in [1.82, 2.24) is 9.21 Å². The number of rotatable bonds is 10. The van der Waals surface area contributed by atoms with Crippen LogP contribution in [0.15, 0.2) is 46.3 Å². The van der Waals surface area contributed by atoms with Gasteiger partial charge in [-0.25, -0.2) is 8.42 Å². The summed E-state index contributed by atoms with van der Waals surface area (Å²) in [7, 11) is 1.38. The van der Waals surface area contributed by atoms with Gasteiger partial charge < -0.3 is 19.1 Å². The summed E-state index contributed by atoms with van der Waals surface area (Å²) in [6.45, 7) is 10.3. The lowest BCUT2D eigenvalue weighted by molar-refractivity contribution is 0.0997. The van der Waals surface area contributed by atoms with Crippen LogP contribution in [0.1, 0.15) is 48.2 Å². The van der Waals surface area contributed by atoms with Crippen LogP contribution in [0.25, 0.3) is 0 Å². The topological polar surface area (TPSA) is 97.7 Å². The third kappa shape index (κ3) is 5.88. The maximum absolute atomic E-state index is 13.5. The number of Topliss-reactive ketones (excluding diaryl/α,β-unsaturated/α-hetero) is 1. The zero-order valence-corrected chi connectivity index (χ0v) is 24.2. The summed E-state index contributed by atoms with van der Waals surface area (Å²) in [6.07, 6.45) is 1.33. The van der Waals surface area contributed by atoms with Crippen molar-refractivity contribution in [3.63, 3.8) is 0 Å².